The lowest BCUT2D eigenvalue weighted by atomic mass is 10.0. The number of thioether (sulfide) groups is 1. The maximum absolute atomic E-state index is 12.7. The number of nitrogens with one attached hydrogen (secondary N) is 1. The van der Waals surface area contributed by atoms with Gasteiger partial charge in [0.1, 0.15) is 0 Å². The van der Waals surface area contributed by atoms with Crippen LogP contribution in [0.4, 0.5) is 0 Å². The Labute approximate surface area is 167 Å². The first-order valence-electron chi connectivity index (χ1n) is 9.25. The predicted molar refractivity (Wildman–Crippen MR) is 114 cm³/mol. The van der Waals surface area contributed by atoms with E-state index in [0.29, 0.717) is 5.75 Å². The summed E-state index contributed by atoms with van der Waals surface area (Å²) < 4.78 is 0. The number of ketones is 1. The Hall–Kier alpha value is -3.11. The first-order valence-corrected chi connectivity index (χ1v) is 10.2. The van der Waals surface area contributed by atoms with Gasteiger partial charge >= 0.3 is 0 Å². The smallest absolute Gasteiger partial charge is 0.173 e. The van der Waals surface area contributed by atoms with Crippen LogP contribution in [0.2, 0.25) is 0 Å². The third kappa shape index (κ3) is 3.16. The van der Waals surface area contributed by atoms with Crippen LogP contribution in [0, 0.1) is 0 Å². The summed E-state index contributed by atoms with van der Waals surface area (Å²) in [7, 11) is 0. The van der Waals surface area contributed by atoms with Crippen molar-refractivity contribution in [1.29, 1.82) is 0 Å². The zero-order valence-electron chi connectivity index (χ0n) is 15.2. The van der Waals surface area contributed by atoms with Gasteiger partial charge in [-0.3, -0.25) is 4.79 Å². The summed E-state index contributed by atoms with van der Waals surface area (Å²) in [6.07, 6.45) is 2.72. The molecule has 0 radical (unpaired) electrons. The van der Waals surface area contributed by atoms with E-state index >= 15 is 0 Å². The number of fused-ring (bicyclic) bond motifs is 3. The van der Waals surface area contributed by atoms with Crippen molar-refractivity contribution in [2.45, 2.75) is 11.6 Å². The zero-order chi connectivity index (χ0) is 18.9. The Morgan fingerprint density at radius 1 is 0.929 bits per heavy atom. The fourth-order valence-electron chi connectivity index (χ4n) is 3.68. The lowest BCUT2D eigenvalue weighted by Gasteiger charge is -2.04. The number of Topliss-reactive ketones (excluding diaryl/α,β-unsaturated/α-hetero) is 1. The van der Waals surface area contributed by atoms with Crippen molar-refractivity contribution in [2.75, 3.05) is 5.75 Å². The number of carbonyl (C=O) groups is 1. The van der Waals surface area contributed by atoms with Gasteiger partial charge in [0.05, 0.1) is 17.6 Å². The number of hydrogen-bond donors (Lipinski definition) is 1. The van der Waals surface area contributed by atoms with Crippen LogP contribution in [-0.4, -0.2) is 21.5 Å². The molecule has 4 aromatic rings. The number of carbonyl (C=O) groups excluding carboxylic acids is 1. The van der Waals surface area contributed by atoms with Crippen molar-refractivity contribution < 1.29 is 4.79 Å². The number of aromatic amines is 1. The molecule has 1 aliphatic carbocycles. The van der Waals surface area contributed by atoms with Gasteiger partial charge in [0, 0.05) is 5.56 Å². The number of rotatable bonds is 5. The van der Waals surface area contributed by atoms with Crippen LogP contribution in [0.25, 0.3) is 22.4 Å². The third-order valence-corrected chi connectivity index (χ3v) is 5.98. The minimum atomic E-state index is 0.126. The molecular weight excluding hydrogens is 364 g/mol. The highest BCUT2D eigenvalue weighted by Crippen LogP contribution is 2.36. The van der Waals surface area contributed by atoms with Crippen LogP contribution in [0.5, 0.6) is 0 Å². The maximum Gasteiger partial charge on any atom is 0.173 e. The molecule has 1 N–H and O–H groups in total. The van der Waals surface area contributed by atoms with Crippen molar-refractivity contribution in [1.82, 2.24) is 9.97 Å². The minimum Gasteiger partial charge on any atom is -0.333 e. The topological polar surface area (TPSA) is 45.8 Å². The van der Waals surface area contributed by atoms with Gasteiger partial charge in [-0.15, -0.1) is 0 Å². The molecule has 1 heterocycles. The highest BCUT2D eigenvalue weighted by Gasteiger charge is 2.19. The van der Waals surface area contributed by atoms with E-state index in [1.807, 2.05) is 42.6 Å². The van der Waals surface area contributed by atoms with Gasteiger partial charge in [-0.05, 0) is 40.3 Å². The molecule has 3 aromatic carbocycles. The highest BCUT2D eigenvalue weighted by molar-refractivity contribution is 7.99. The van der Waals surface area contributed by atoms with Crippen LogP contribution in [0.1, 0.15) is 21.5 Å². The number of aromatic nitrogens is 2. The Bertz CT molecular complexity index is 1160. The average Bonchev–Trinajstić information content (AvgIpc) is 3.36. The molecule has 0 saturated carbocycles. The van der Waals surface area contributed by atoms with Gasteiger partial charge in [-0.1, -0.05) is 78.5 Å². The number of imidazole rings is 1. The lowest BCUT2D eigenvalue weighted by Crippen LogP contribution is -2.03. The van der Waals surface area contributed by atoms with Gasteiger partial charge in [-0.25, -0.2) is 4.98 Å². The molecule has 3 nitrogen and oxygen atoms in total. The molecule has 1 aliphatic rings. The molecule has 0 unspecified atom stereocenters. The highest BCUT2D eigenvalue weighted by atomic mass is 32.2. The molecular formula is C24H18N2OS. The summed E-state index contributed by atoms with van der Waals surface area (Å²) in [6, 6.07) is 24.6. The fraction of sp³-hybridized carbons (Fsp3) is 0.0833. The van der Waals surface area contributed by atoms with E-state index in [-0.39, 0.29) is 5.78 Å². The minimum absolute atomic E-state index is 0.126. The molecule has 0 aliphatic heterocycles. The molecule has 1 aromatic heterocycles. The van der Waals surface area contributed by atoms with Gasteiger partial charge in [0.15, 0.2) is 10.9 Å². The first kappa shape index (κ1) is 17.0. The third-order valence-electron chi connectivity index (χ3n) is 5.09. The Kier molecular flexibility index (Phi) is 4.34. The predicted octanol–water partition coefficient (Wildman–Crippen LogP) is 5.62. The molecule has 4 heteroatoms. The van der Waals surface area contributed by atoms with Crippen LogP contribution >= 0.6 is 11.8 Å². The first-order chi connectivity index (χ1) is 13.8. The molecule has 0 atom stereocenters. The van der Waals surface area contributed by atoms with Crippen LogP contribution < -0.4 is 0 Å². The molecule has 0 spiro atoms. The molecule has 28 heavy (non-hydrogen) atoms. The molecule has 0 bridgehead atoms. The van der Waals surface area contributed by atoms with Gasteiger partial charge in [-0.2, -0.15) is 0 Å². The second-order valence-electron chi connectivity index (χ2n) is 6.89. The molecule has 0 fully saturated rings. The quantitative estimate of drug-likeness (QED) is 0.317. The van der Waals surface area contributed by atoms with Crippen molar-refractivity contribution in [3.63, 3.8) is 0 Å². The Balaban J connectivity index is 1.28. The van der Waals surface area contributed by atoms with E-state index in [2.05, 4.69) is 46.4 Å². The number of nitrogens with zero attached hydrogens (tertiary/aromatic N) is 1. The largest absolute Gasteiger partial charge is 0.333 e. The van der Waals surface area contributed by atoms with Gasteiger partial charge in [0.2, 0.25) is 0 Å². The second-order valence-corrected chi connectivity index (χ2v) is 7.85. The fourth-order valence-corrected chi connectivity index (χ4v) is 4.42. The van der Waals surface area contributed by atoms with Crippen LogP contribution in [-0.2, 0) is 6.42 Å². The summed E-state index contributed by atoms with van der Waals surface area (Å²) in [5, 5.41) is 0.765. The average molecular weight is 382 g/mol. The van der Waals surface area contributed by atoms with Crippen molar-refractivity contribution >= 4 is 17.5 Å². The molecule has 5 rings (SSSR count). The number of hydrogen-bond acceptors (Lipinski definition) is 3. The van der Waals surface area contributed by atoms with E-state index in [9.17, 15) is 4.79 Å². The zero-order valence-corrected chi connectivity index (χ0v) is 16.0. The van der Waals surface area contributed by atoms with Crippen LogP contribution in [0.15, 0.2) is 84.1 Å². The van der Waals surface area contributed by atoms with E-state index in [4.69, 9.17) is 0 Å². The van der Waals surface area contributed by atoms with E-state index in [0.717, 1.165) is 28.4 Å². The van der Waals surface area contributed by atoms with Crippen molar-refractivity contribution in [3.8, 4) is 22.4 Å². The SMILES string of the molecule is O=C(CSc1ncc(-c2ccccc2)[nH]1)c1ccc2c(c1)Cc1ccccc1-2. The molecule has 0 amide bonds. The number of benzene rings is 3. The lowest BCUT2D eigenvalue weighted by molar-refractivity contribution is 0.102. The van der Waals surface area contributed by atoms with Crippen molar-refractivity contribution in [2.24, 2.45) is 0 Å². The van der Waals surface area contributed by atoms with E-state index < -0.39 is 0 Å². The Morgan fingerprint density at radius 3 is 2.61 bits per heavy atom. The molecule has 0 saturated heterocycles. The Morgan fingerprint density at radius 2 is 1.71 bits per heavy atom. The van der Waals surface area contributed by atoms with Crippen molar-refractivity contribution in [3.05, 3.63) is 95.7 Å². The second kappa shape index (κ2) is 7.13. The summed E-state index contributed by atoms with van der Waals surface area (Å²) in [4.78, 5) is 20.4. The van der Waals surface area contributed by atoms with E-state index in [1.54, 1.807) is 0 Å². The normalized spacial score (nSPS) is 11.9. The molecule has 136 valence electrons. The standard InChI is InChI=1S/C24H18N2OS/c27-23(15-28-24-25-14-22(26-24)16-6-2-1-3-7-16)18-10-11-21-19(13-18)12-17-8-4-5-9-20(17)21/h1-11,13-14H,12,15H2,(H,25,26). The summed E-state index contributed by atoms with van der Waals surface area (Å²) in [5.41, 5.74) is 7.93. The van der Waals surface area contributed by atoms with E-state index in [1.165, 1.54) is 34.0 Å². The summed E-state index contributed by atoms with van der Waals surface area (Å²) in [6.45, 7) is 0. The van der Waals surface area contributed by atoms with Gasteiger partial charge in [0.25, 0.3) is 0 Å². The van der Waals surface area contributed by atoms with Crippen LogP contribution in [0.3, 0.4) is 0 Å². The van der Waals surface area contributed by atoms with Gasteiger partial charge < -0.3 is 4.98 Å². The monoisotopic (exact) mass is 382 g/mol. The number of H-pyrrole nitrogens is 1. The maximum atomic E-state index is 12.7. The summed E-state index contributed by atoms with van der Waals surface area (Å²) in [5.74, 6) is 0.495. The summed E-state index contributed by atoms with van der Waals surface area (Å²) >= 11 is 1.44.